The van der Waals surface area contributed by atoms with Crippen LogP contribution >= 0.6 is 11.3 Å². The molecule has 0 amide bonds. The molecule has 1 saturated heterocycles. The Morgan fingerprint density at radius 3 is 2.73 bits per heavy atom. The van der Waals surface area contributed by atoms with E-state index < -0.39 is 23.1 Å². The molecule has 0 aliphatic carbocycles. The summed E-state index contributed by atoms with van der Waals surface area (Å²) in [6, 6.07) is 12.2. The first-order valence-electron chi connectivity index (χ1n) is 11.5. The Morgan fingerprint density at radius 2 is 2.00 bits per heavy atom. The lowest BCUT2D eigenvalue weighted by atomic mass is 10.1. The topological polar surface area (TPSA) is 87.9 Å². The molecule has 11 heteroatoms. The molecule has 5 rings (SSSR count). The van der Waals surface area contributed by atoms with Gasteiger partial charge in [0.05, 0.1) is 29.3 Å². The first-order valence-corrected chi connectivity index (χ1v) is 12.4. The van der Waals surface area contributed by atoms with Gasteiger partial charge in [0.2, 0.25) is 5.95 Å². The number of anilines is 1. The van der Waals surface area contributed by atoms with E-state index in [0.717, 1.165) is 36.3 Å². The molecule has 0 spiro atoms. The molecule has 1 fully saturated rings. The maximum atomic E-state index is 14.0. The van der Waals surface area contributed by atoms with Gasteiger partial charge in [-0.1, -0.05) is 12.1 Å². The fourth-order valence-corrected chi connectivity index (χ4v) is 5.58. The first kappa shape index (κ1) is 24.9. The maximum Gasteiger partial charge on any atom is 0.416 e. The molecule has 2 N–H and O–H groups in total. The van der Waals surface area contributed by atoms with Crippen molar-refractivity contribution in [1.82, 2.24) is 9.55 Å². The molecule has 4 aromatic rings. The number of hydrogen-bond acceptors (Lipinski definition) is 6. The van der Waals surface area contributed by atoms with Crippen molar-refractivity contribution < 1.29 is 17.6 Å². The standard InChI is InChI=1S/C26H21F4N5OS/c27-19-7-6-16(12-31)17(10-19)13-35-24(36)23-21(33-25(35)34-8-2-5-20(32)14-34)11-22(37-23)15-3-1-4-18(9-15)26(28,29)30/h1,3-4,6-7,9-11,20H,2,5,8,13-14,32H2/t20-/m1/s1. The SMILES string of the molecule is N#Cc1ccc(F)cc1Cn1c(N2CCC[C@@H](N)C2)nc2cc(-c3cccc(C(F)(F)F)c3)sc2c1=O. The molecular formula is C26H21F4N5OS. The number of thiophene rings is 1. The Morgan fingerprint density at radius 1 is 1.19 bits per heavy atom. The Kier molecular flexibility index (Phi) is 6.47. The van der Waals surface area contributed by atoms with E-state index in [9.17, 15) is 27.6 Å². The van der Waals surface area contributed by atoms with Gasteiger partial charge in [-0.2, -0.15) is 18.4 Å². The molecule has 0 saturated carbocycles. The zero-order chi connectivity index (χ0) is 26.3. The van der Waals surface area contributed by atoms with Gasteiger partial charge in [-0.15, -0.1) is 11.3 Å². The Bertz CT molecular complexity index is 1590. The van der Waals surface area contributed by atoms with Crippen LogP contribution in [0.15, 0.2) is 53.3 Å². The minimum Gasteiger partial charge on any atom is -0.341 e. The minimum absolute atomic E-state index is 0.0969. The number of benzene rings is 2. The third-order valence-corrected chi connectivity index (χ3v) is 7.51. The van der Waals surface area contributed by atoms with Gasteiger partial charge in [0, 0.05) is 24.0 Å². The summed E-state index contributed by atoms with van der Waals surface area (Å²) < 4.78 is 55.5. The number of alkyl halides is 3. The number of rotatable bonds is 4. The monoisotopic (exact) mass is 527 g/mol. The summed E-state index contributed by atoms with van der Waals surface area (Å²) in [4.78, 5) is 20.8. The predicted octanol–water partition coefficient (Wildman–Crippen LogP) is 5.13. The molecule has 6 nitrogen and oxygen atoms in total. The van der Waals surface area contributed by atoms with Crippen LogP contribution in [0.2, 0.25) is 0 Å². The molecule has 1 aliphatic rings. The van der Waals surface area contributed by atoms with Crippen molar-refractivity contribution in [2.75, 3.05) is 18.0 Å². The average Bonchev–Trinajstić information content (AvgIpc) is 3.30. The van der Waals surface area contributed by atoms with Crippen LogP contribution in [0.5, 0.6) is 0 Å². The lowest BCUT2D eigenvalue weighted by Gasteiger charge is -2.33. The summed E-state index contributed by atoms with van der Waals surface area (Å²) in [6.07, 6.45) is -2.89. The van der Waals surface area contributed by atoms with Crippen molar-refractivity contribution in [3.63, 3.8) is 0 Å². The molecule has 190 valence electrons. The normalized spacial score (nSPS) is 16.2. The minimum atomic E-state index is -4.50. The van der Waals surface area contributed by atoms with E-state index in [1.54, 1.807) is 12.1 Å². The zero-order valence-corrected chi connectivity index (χ0v) is 20.2. The van der Waals surface area contributed by atoms with E-state index in [2.05, 4.69) is 0 Å². The number of nitriles is 1. The van der Waals surface area contributed by atoms with E-state index in [4.69, 9.17) is 10.7 Å². The van der Waals surface area contributed by atoms with Gasteiger partial charge >= 0.3 is 6.18 Å². The molecule has 3 heterocycles. The lowest BCUT2D eigenvalue weighted by Crippen LogP contribution is -2.45. The van der Waals surface area contributed by atoms with Gasteiger partial charge in [-0.25, -0.2) is 9.37 Å². The van der Waals surface area contributed by atoms with E-state index in [-0.39, 0.29) is 22.8 Å². The maximum absolute atomic E-state index is 14.0. The van der Waals surface area contributed by atoms with Gasteiger partial charge in [0.1, 0.15) is 10.5 Å². The van der Waals surface area contributed by atoms with Crippen molar-refractivity contribution in [2.45, 2.75) is 31.6 Å². The summed E-state index contributed by atoms with van der Waals surface area (Å²) in [5.74, 6) is -0.213. The van der Waals surface area contributed by atoms with Crippen LogP contribution in [0, 0.1) is 17.1 Å². The van der Waals surface area contributed by atoms with Crippen LogP contribution in [-0.4, -0.2) is 28.7 Å². The number of nitrogens with two attached hydrogens (primary N) is 1. The number of halogens is 4. The molecule has 0 bridgehead atoms. The van der Waals surface area contributed by atoms with Crippen LogP contribution in [0.1, 0.15) is 29.5 Å². The number of fused-ring (bicyclic) bond motifs is 1. The molecule has 2 aromatic carbocycles. The lowest BCUT2D eigenvalue weighted by molar-refractivity contribution is -0.137. The second kappa shape index (κ2) is 9.61. The third kappa shape index (κ3) is 4.95. The van der Waals surface area contributed by atoms with Gasteiger partial charge < -0.3 is 10.6 Å². The van der Waals surface area contributed by atoms with Crippen molar-refractivity contribution >= 4 is 27.5 Å². The van der Waals surface area contributed by atoms with E-state index in [1.807, 2.05) is 11.0 Å². The smallest absolute Gasteiger partial charge is 0.341 e. The highest BCUT2D eigenvalue weighted by molar-refractivity contribution is 7.22. The predicted molar refractivity (Wildman–Crippen MR) is 134 cm³/mol. The average molecular weight is 528 g/mol. The van der Waals surface area contributed by atoms with Gasteiger partial charge in [0.15, 0.2) is 0 Å². The largest absolute Gasteiger partial charge is 0.416 e. The van der Waals surface area contributed by atoms with Crippen LogP contribution in [0.3, 0.4) is 0 Å². The summed E-state index contributed by atoms with van der Waals surface area (Å²) in [5.41, 5.74) is 6.19. The number of hydrogen-bond donors (Lipinski definition) is 1. The van der Waals surface area contributed by atoms with Gasteiger partial charge in [-0.05, 0) is 60.4 Å². The van der Waals surface area contributed by atoms with Crippen LogP contribution in [-0.2, 0) is 12.7 Å². The van der Waals surface area contributed by atoms with Crippen molar-refractivity contribution in [2.24, 2.45) is 5.73 Å². The number of nitrogens with zero attached hydrogens (tertiary/aromatic N) is 4. The quantitative estimate of drug-likeness (QED) is 0.372. The van der Waals surface area contributed by atoms with E-state index in [0.29, 0.717) is 40.6 Å². The first-order chi connectivity index (χ1) is 17.6. The fourth-order valence-electron chi connectivity index (χ4n) is 4.54. The molecule has 37 heavy (non-hydrogen) atoms. The second-order valence-electron chi connectivity index (χ2n) is 8.97. The molecule has 0 radical (unpaired) electrons. The van der Waals surface area contributed by atoms with E-state index in [1.165, 1.54) is 28.8 Å². The van der Waals surface area contributed by atoms with Crippen LogP contribution in [0.25, 0.3) is 20.7 Å². The van der Waals surface area contributed by atoms with Crippen molar-refractivity contribution in [1.29, 1.82) is 5.26 Å². The Hall–Kier alpha value is -3.75. The summed E-state index contributed by atoms with van der Waals surface area (Å²) in [5, 5.41) is 9.51. The summed E-state index contributed by atoms with van der Waals surface area (Å²) >= 11 is 1.04. The van der Waals surface area contributed by atoms with Crippen molar-refractivity contribution in [3.05, 3.63) is 81.4 Å². The Balaban J connectivity index is 1.67. The highest BCUT2D eigenvalue weighted by atomic mass is 32.1. The summed E-state index contributed by atoms with van der Waals surface area (Å²) in [6.45, 7) is 0.960. The molecule has 2 aromatic heterocycles. The molecule has 0 unspecified atom stereocenters. The number of piperidine rings is 1. The zero-order valence-electron chi connectivity index (χ0n) is 19.4. The van der Waals surface area contributed by atoms with E-state index >= 15 is 0 Å². The highest BCUT2D eigenvalue weighted by Crippen LogP contribution is 2.36. The third-order valence-electron chi connectivity index (χ3n) is 6.35. The van der Waals surface area contributed by atoms with Gasteiger partial charge in [-0.3, -0.25) is 9.36 Å². The molecule has 1 aliphatic heterocycles. The highest BCUT2D eigenvalue weighted by Gasteiger charge is 2.31. The molecule has 1 atom stereocenters. The Labute approximate surface area is 213 Å². The fraction of sp³-hybridized carbons (Fsp3) is 0.269. The summed E-state index contributed by atoms with van der Waals surface area (Å²) in [7, 11) is 0. The van der Waals surface area contributed by atoms with Crippen molar-refractivity contribution in [3.8, 4) is 16.5 Å². The van der Waals surface area contributed by atoms with Crippen LogP contribution in [0.4, 0.5) is 23.5 Å². The van der Waals surface area contributed by atoms with Crippen LogP contribution < -0.4 is 16.2 Å². The van der Waals surface area contributed by atoms with Gasteiger partial charge in [0.25, 0.3) is 5.56 Å². The molecular weight excluding hydrogens is 506 g/mol. The number of aromatic nitrogens is 2. The second-order valence-corrected chi connectivity index (χ2v) is 10.0.